The average molecular weight is 366 g/mol. The standard InChI is InChI=1S/C21H26N4O2/c1-16-8-9-20-23-18(14-25(20)13-16)15-27-19-7-4-6-17(12-19)21(26)22-10-5-11-24(2)3/h4,6-9,12-14H,5,10-11,15H2,1-3H3,(H,22,26). The molecule has 27 heavy (non-hydrogen) atoms. The molecule has 6 heteroatoms. The normalized spacial score (nSPS) is 11.1. The van der Waals surface area contributed by atoms with Gasteiger partial charge in [-0.3, -0.25) is 4.79 Å². The van der Waals surface area contributed by atoms with Crippen molar-refractivity contribution in [2.45, 2.75) is 20.0 Å². The number of aryl methyl sites for hydroxylation is 1. The van der Waals surface area contributed by atoms with Gasteiger partial charge in [0, 0.05) is 24.5 Å². The Bertz CT molecular complexity index is 917. The van der Waals surface area contributed by atoms with Crippen LogP contribution >= 0.6 is 0 Å². The number of benzene rings is 1. The van der Waals surface area contributed by atoms with Crippen molar-refractivity contribution in [1.29, 1.82) is 0 Å². The van der Waals surface area contributed by atoms with Gasteiger partial charge in [0.05, 0.1) is 5.69 Å². The van der Waals surface area contributed by atoms with Gasteiger partial charge in [-0.05, 0) is 63.8 Å². The van der Waals surface area contributed by atoms with Crippen LogP contribution in [0.2, 0.25) is 0 Å². The molecular weight excluding hydrogens is 340 g/mol. The van der Waals surface area contributed by atoms with Crippen LogP contribution in [0.15, 0.2) is 48.8 Å². The molecule has 3 aromatic rings. The largest absolute Gasteiger partial charge is 0.487 e. The average Bonchev–Trinajstić information content (AvgIpc) is 3.05. The highest BCUT2D eigenvalue weighted by molar-refractivity contribution is 5.94. The van der Waals surface area contributed by atoms with Crippen molar-refractivity contribution in [1.82, 2.24) is 19.6 Å². The molecule has 0 radical (unpaired) electrons. The lowest BCUT2D eigenvalue weighted by Crippen LogP contribution is -2.27. The lowest BCUT2D eigenvalue weighted by atomic mass is 10.2. The second-order valence-corrected chi connectivity index (χ2v) is 6.93. The second-order valence-electron chi connectivity index (χ2n) is 6.93. The molecular formula is C21H26N4O2. The van der Waals surface area contributed by atoms with Crippen molar-refractivity contribution in [2.75, 3.05) is 27.2 Å². The van der Waals surface area contributed by atoms with Gasteiger partial charge < -0.3 is 19.4 Å². The maximum atomic E-state index is 12.3. The van der Waals surface area contributed by atoms with E-state index in [1.165, 1.54) is 5.56 Å². The molecule has 1 aromatic carbocycles. The number of ether oxygens (including phenoxy) is 1. The van der Waals surface area contributed by atoms with E-state index in [-0.39, 0.29) is 5.91 Å². The van der Waals surface area contributed by atoms with Gasteiger partial charge in [-0.2, -0.15) is 0 Å². The number of fused-ring (bicyclic) bond motifs is 1. The lowest BCUT2D eigenvalue weighted by molar-refractivity contribution is 0.0952. The highest BCUT2D eigenvalue weighted by atomic mass is 16.5. The molecule has 0 spiro atoms. The Kier molecular flexibility index (Phi) is 6.08. The number of carbonyl (C=O) groups is 1. The second kappa shape index (κ2) is 8.68. The quantitative estimate of drug-likeness (QED) is 0.623. The van der Waals surface area contributed by atoms with Gasteiger partial charge in [-0.15, -0.1) is 0 Å². The minimum absolute atomic E-state index is 0.0811. The predicted molar refractivity (Wildman–Crippen MR) is 106 cm³/mol. The summed E-state index contributed by atoms with van der Waals surface area (Å²) >= 11 is 0. The first-order valence-corrected chi connectivity index (χ1v) is 9.11. The molecule has 2 heterocycles. The molecule has 0 fully saturated rings. The first-order chi connectivity index (χ1) is 13.0. The summed E-state index contributed by atoms with van der Waals surface area (Å²) in [5.74, 6) is 0.576. The summed E-state index contributed by atoms with van der Waals surface area (Å²) < 4.78 is 7.83. The Hall–Kier alpha value is -2.86. The van der Waals surface area contributed by atoms with Crippen LogP contribution in [0.25, 0.3) is 5.65 Å². The van der Waals surface area contributed by atoms with Crippen LogP contribution in [0.4, 0.5) is 0 Å². The summed E-state index contributed by atoms with van der Waals surface area (Å²) in [5.41, 5.74) is 3.52. The van der Waals surface area contributed by atoms with Crippen molar-refractivity contribution in [3.05, 3.63) is 65.6 Å². The third kappa shape index (κ3) is 5.31. The van der Waals surface area contributed by atoms with Gasteiger partial charge in [0.25, 0.3) is 5.91 Å². The Labute approximate surface area is 159 Å². The SMILES string of the molecule is Cc1ccc2nc(COc3cccc(C(=O)NCCCN(C)C)c3)cn2c1. The lowest BCUT2D eigenvalue weighted by Gasteiger charge is -2.10. The summed E-state index contributed by atoms with van der Waals surface area (Å²) in [6, 6.07) is 11.3. The molecule has 0 aliphatic heterocycles. The molecule has 0 bridgehead atoms. The molecule has 142 valence electrons. The number of pyridine rings is 1. The van der Waals surface area contributed by atoms with Gasteiger partial charge >= 0.3 is 0 Å². The molecule has 6 nitrogen and oxygen atoms in total. The summed E-state index contributed by atoms with van der Waals surface area (Å²) in [4.78, 5) is 18.9. The minimum atomic E-state index is -0.0811. The van der Waals surface area contributed by atoms with Gasteiger partial charge in [0.15, 0.2) is 0 Å². The van der Waals surface area contributed by atoms with Crippen LogP contribution in [0.5, 0.6) is 5.75 Å². The monoisotopic (exact) mass is 366 g/mol. The summed E-state index contributed by atoms with van der Waals surface area (Å²) in [5, 5.41) is 2.94. The zero-order valence-electron chi connectivity index (χ0n) is 16.1. The van der Waals surface area contributed by atoms with E-state index in [1.807, 2.05) is 62.1 Å². The summed E-state index contributed by atoms with van der Waals surface area (Å²) in [6.45, 7) is 4.01. The van der Waals surface area contributed by atoms with E-state index in [0.717, 1.165) is 24.3 Å². The summed E-state index contributed by atoms with van der Waals surface area (Å²) in [7, 11) is 4.04. The number of imidazole rings is 1. The van der Waals surface area contributed by atoms with Crippen LogP contribution in [0.3, 0.4) is 0 Å². The van der Waals surface area contributed by atoms with Crippen LogP contribution in [0, 0.1) is 6.92 Å². The first kappa shape index (κ1) is 18.9. The molecule has 0 unspecified atom stereocenters. The van der Waals surface area contributed by atoms with Gasteiger partial charge in [-0.25, -0.2) is 4.98 Å². The highest BCUT2D eigenvalue weighted by Crippen LogP contribution is 2.16. The van der Waals surface area contributed by atoms with Gasteiger partial charge in [-0.1, -0.05) is 12.1 Å². The van der Waals surface area contributed by atoms with E-state index in [0.29, 0.717) is 24.5 Å². The molecule has 2 aromatic heterocycles. The fourth-order valence-electron chi connectivity index (χ4n) is 2.81. The number of carbonyl (C=O) groups excluding carboxylic acids is 1. The fourth-order valence-corrected chi connectivity index (χ4v) is 2.81. The van der Waals surface area contributed by atoms with Crippen molar-refractivity contribution in [2.24, 2.45) is 0 Å². The Morgan fingerprint density at radius 1 is 1.22 bits per heavy atom. The number of rotatable bonds is 8. The topological polar surface area (TPSA) is 58.9 Å². The van der Waals surface area contributed by atoms with Crippen LogP contribution < -0.4 is 10.1 Å². The molecule has 3 rings (SSSR count). The molecule has 0 aliphatic rings. The van der Waals surface area contributed by atoms with E-state index in [9.17, 15) is 4.79 Å². The number of nitrogens with zero attached hydrogens (tertiary/aromatic N) is 3. The molecule has 0 aliphatic carbocycles. The Morgan fingerprint density at radius 3 is 2.89 bits per heavy atom. The molecule has 0 saturated heterocycles. The van der Waals surface area contributed by atoms with Crippen molar-refractivity contribution in [3.63, 3.8) is 0 Å². The number of aromatic nitrogens is 2. The maximum Gasteiger partial charge on any atom is 0.251 e. The highest BCUT2D eigenvalue weighted by Gasteiger charge is 2.08. The van der Waals surface area contributed by atoms with Crippen molar-refractivity contribution in [3.8, 4) is 5.75 Å². The third-order valence-corrected chi connectivity index (χ3v) is 4.20. The van der Waals surface area contributed by atoms with Crippen LogP contribution in [-0.2, 0) is 6.61 Å². The number of nitrogens with one attached hydrogen (secondary N) is 1. The molecule has 0 atom stereocenters. The van der Waals surface area contributed by atoms with E-state index in [1.54, 1.807) is 12.1 Å². The zero-order valence-corrected chi connectivity index (χ0v) is 16.1. The number of hydrogen-bond donors (Lipinski definition) is 1. The van der Waals surface area contributed by atoms with E-state index >= 15 is 0 Å². The Balaban J connectivity index is 1.57. The number of amides is 1. The van der Waals surface area contributed by atoms with E-state index in [4.69, 9.17) is 4.74 Å². The Morgan fingerprint density at radius 2 is 2.07 bits per heavy atom. The maximum absolute atomic E-state index is 12.3. The van der Waals surface area contributed by atoms with Crippen molar-refractivity contribution >= 4 is 11.6 Å². The third-order valence-electron chi connectivity index (χ3n) is 4.20. The molecule has 1 N–H and O–H groups in total. The van der Waals surface area contributed by atoms with Crippen molar-refractivity contribution < 1.29 is 9.53 Å². The molecule has 1 amide bonds. The minimum Gasteiger partial charge on any atom is -0.487 e. The van der Waals surface area contributed by atoms with Crippen LogP contribution in [-0.4, -0.2) is 47.4 Å². The molecule has 0 saturated carbocycles. The fraction of sp³-hybridized carbons (Fsp3) is 0.333. The van der Waals surface area contributed by atoms with Crippen LogP contribution in [0.1, 0.15) is 28.0 Å². The smallest absolute Gasteiger partial charge is 0.251 e. The predicted octanol–water partition coefficient (Wildman–Crippen LogP) is 2.90. The van der Waals surface area contributed by atoms with Gasteiger partial charge in [0.2, 0.25) is 0 Å². The summed E-state index contributed by atoms with van der Waals surface area (Å²) in [6.07, 6.45) is 4.92. The van der Waals surface area contributed by atoms with E-state index in [2.05, 4.69) is 15.2 Å². The number of hydrogen-bond acceptors (Lipinski definition) is 4. The first-order valence-electron chi connectivity index (χ1n) is 9.11. The van der Waals surface area contributed by atoms with Gasteiger partial charge in [0.1, 0.15) is 18.0 Å². The van der Waals surface area contributed by atoms with E-state index < -0.39 is 0 Å². The zero-order chi connectivity index (χ0) is 19.2.